The van der Waals surface area contributed by atoms with Gasteiger partial charge in [-0.1, -0.05) is 105 Å². The minimum atomic E-state index is -3.98. The van der Waals surface area contributed by atoms with Crippen molar-refractivity contribution in [2.75, 3.05) is 13.1 Å². The van der Waals surface area contributed by atoms with E-state index in [0.717, 1.165) is 16.7 Å². The van der Waals surface area contributed by atoms with E-state index in [4.69, 9.17) is 16.6 Å². The number of aromatic amines is 1. The van der Waals surface area contributed by atoms with E-state index in [0.29, 0.717) is 30.6 Å². The van der Waals surface area contributed by atoms with Crippen LogP contribution < -0.4 is 0 Å². The number of benzene rings is 4. The Morgan fingerprint density at radius 3 is 1.89 bits per heavy atom. The number of oxazole rings is 1. The van der Waals surface area contributed by atoms with Crippen LogP contribution in [0.1, 0.15) is 30.5 Å². The van der Waals surface area contributed by atoms with Gasteiger partial charge in [0.05, 0.1) is 16.5 Å². The molecule has 0 amide bonds. The van der Waals surface area contributed by atoms with E-state index in [-0.39, 0.29) is 34.8 Å². The van der Waals surface area contributed by atoms with Crippen LogP contribution in [0.4, 0.5) is 0 Å². The minimum absolute atomic E-state index is 0.0363. The Balaban J connectivity index is 1.51. The van der Waals surface area contributed by atoms with Crippen molar-refractivity contribution in [1.82, 2.24) is 14.2 Å². The highest BCUT2D eigenvalue weighted by Gasteiger charge is 2.33. The van der Waals surface area contributed by atoms with E-state index in [9.17, 15) is 13.5 Å². The summed E-state index contributed by atoms with van der Waals surface area (Å²) in [4.78, 5) is 5.46. The molecule has 9 heteroatoms. The maximum Gasteiger partial charge on any atom is 0.266 e. The number of rotatable bonds is 14. The van der Waals surface area contributed by atoms with Crippen LogP contribution in [0, 0.1) is 10.8 Å². The highest BCUT2D eigenvalue weighted by molar-refractivity contribution is 7.89. The van der Waals surface area contributed by atoms with Crippen LogP contribution in [-0.4, -0.2) is 52.9 Å². The van der Waals surface area contributed by atoms with Crippen molar-refractivity contribution in [2.24, 2.45) is 5.92 Å². The summed E-state index contributed by atoms with van der Waals surface area (Å²) in [6, 6.07) is 34.7. The third-order valence-electron chi connectivity index (χ3n) is 7.65. The summed E-state index contributed by atoms with van der Waals surface area (Å²) in [5.74, 6) is 0.0363. The van der Waals surface area contributed by atoms with E-state index in [1.54, 1.807) is 12.1 Å². The third kappa shape index (κ3) is 8.11. The number of fused-ring (bicyclic) bond motifs is 1. The first-order chi connectivity index (χ1) is 21.2. The average Bonchev–Trinajstić information content (AvgIpc) is 3.40. The first kappa shape index (κ1) is 31.8. The van der Waals surface area contributed by atoms with Crippen molar-refractivity contribution in [1.29, 1.82) is 0 Å². The average molecular weight is 630 g/mol. The Morgan fingerprint density at radius 2 is 1.34 bits per heavy atom. The van der Waals surface area contributed by atoms with Crippen molar-refractivity contribution in [3.63, 3.8) is 0 Å². The van der Waals surface area contributed by atoms with Crippen LogP contribution in [0.2, 0.25) is 0 Å². The zero-order valence-electron chi connectivity index (χ0n) is 25.0. The Labute approximate surface area is 264 Å². The number of hydrogen-bond donors (Lipinski definition) is 2. The maximum atomic E-state index is 14.1. The van der Waals surface area contributed by atoms with Gasteiger partial charge < -0.3 is 14.5 Å². The molecule has 5 rings (SSSR count). The fraction of sp³-hybridized carbons (Fsp3) is 0.286. The molecule has 0 saturated carbocycles. The molecule has 7 nitrogen and oxygen atoms in total. The number of sulfonamides is 1. The SMILES string of the molecule is CC(C)CN(C[C@@H](O)[C@H](Cc1ccccc1)N(Cc1ccccc1)Cc1ccccc1)S(=O)(=O)c1ccc2[nH]c(=S)oc2c1. The molecule has 0 spiro atoms. The van der Waals surface area contributed by atoms with Crippen molar-refractivity contribution < 1.29 is 17.9 Å². The molecule has 2 N–H and O–H groups in total. The van der Waals surface area contributed by atoms with Gasteiger partial charge in [0, 0.05) is 38.3 Å². The number of aromatic nitrogens is 1. The molecule has 0 fully saturated rings. The molecular weight excluding hydrogens is 591 g/mol. The van der Waals surface area contributed by atoms with E-state index < -0.39 is 16.1 Å². The molecule has 230 valence electrons. The second kappa shape index (κ2) is 14.5. The Kier molecular flexibility index (Phi) is 10.5. The van der Waals surface area contributed by atoms with Gasteiger partial charge in [-0.25, -0.2) is 8.42 Å². The minimum Gasteiger partial charge on any atom is -0.429 e. The lowest BCUT2D eigenvalue weighted by molar-refractivity contribution is 0.0273. The van der Waals surface area contributed by atoms with E-state index >= 15 is 0 Å². The predicted molar refractivity (Wildman–Crippen MR) is 177 cm³/mol. The first-order valence-electron chi connectivity index (χ1n) is 14.9. The lowest BCUT2D eigenvalue weighted by Gasteiger charge is -2.37. The molecule has 5 aromatic rings. The summed E-state index contributed by atoms with van der Waals surface area (Å²) in [5, 5.41) is 12.1. The molecule has 44 heavy (non-hydrogen) atoms. The predicted octanol–water partition coefficient (Wildman–Crippen LogP) is 6.81. The van der Waals surface area contributed by atoms with Crippen molar-refractivity contribution >= 4 is 33.3 Å². The molecule has 0 saturated heterocycles. The highest BCUT2D eigenvalue weighted by Crippen LogP contribution is 2.25. The van der Waals surface area contributed by atoms with Crippen molar-refractivity contribution in [3.8, 4) is 0 Å². The first-order valence-corrected chi connectivity index (χ1v) is 16.7. The van der Waals surface area contributed by atoms with Crippen LogP contribution in [0.5, 0.6) is 0 Å². The Bertz CT molecular complexity index is 1750. The molecular formula is C35H39N3O4S2. The highest BCUT2D eigenvalue weighted by atomic mass is 32.2. The summed E-state index contributed by atoms with van der Waals surface area (Å²) in [5.41, 5.74) is 4.31. The van der Waals surface area contributed by atoms with Crippen molar-refractivity contribution in [3.05, 3.63) is 131 Å². The molecule has 0 aliphatic heterocycles. The van der Waals surface area contributed by atoms with E-state index in [2.05, 4.69) is 46.3 Å². The van der Waals surface area contributed by atoms with Crippen LogP contribution >= 0.6 is 12.2 Å². The van der Waals surface area contributed by atoms with Gasteiger partial charge in [-0.2, -0.15) is 4.31 Å². The van der Waals surface area contributed by atoms with Crippen LogP contribution in [0.25, 0.3) is 11.1 Å². The largest absolute Gasteiger partial charge is 0.429 e. The normalized spacial score (nSPS) is 13.6. The number of aliphatic hydroxyl groups excluding tert-OH is 1. The Hall–Kier alpha value is -3.60. The summed E-state index contributed by atoms with van der Waals surface area (Å²) in [6.45, 7) is 5.33. The molecule has 0 bridgehead atoms. The van der Waals surface area contributed by atoms with Crippen LogP contribution in [-0.2, 0) is 29.5 Å². The molecule has 0 aliphatic carbocycles. The zero-order valence-corrected chi connectivity index (χ0v) is 26.7. The molecule has 1 heterocycles. The van der Waals surface area contributed by atoms with Gasteiger partial charge in [0.1, 0.15) is 0 Å². The summed E-state index contributed by atoms with van der Waals surface area (Å²) >= 11 is 5.10. The van der Waals surface area contributed by atoms with Gasteiger partial charge in [0.25, 0.3) is 4.84 Å². The maximum absolute atomic E-state index is 14.1. The summed E-state index contributed by atoms with van der Waals surface area (Å²) in [6.07, 6.45) is -0.441. The summed E-state index contributed by atoms with van der Waals surface area (Å²) < 4.78 is 35.1. The molecule has 0 unspecified atom stereocenters. The number of nitrogens with one attached hydrogen (secondary N) is 1. The molecule has 1 aromatic heterocycles. The van der Waals surface area contributed by atoms with Gasteiger partial charge in [-0.3, -0.25) is 4.90 Å². The Morgan fingerprint density at radius 1 is 0.795 bits per heavy atom. The van der Waals surface area contributed by atoms with Crippen LogP contribution in [0.3, 0.4) is 0 Å². The molecule has 2 atom stereocenters. The number of H-pyrrole nitrogens is 1. The van der Waals surface area contributed by atoms with Gasteiger partial charge in [-0.05, 0) is 53.4 Å². The fourth-order valence-electron chi connectivity index (χ4n) is 5.53. The van der Waals surface area contributed by atoms with Gasteiger partial charge in [-0.15, -0.1) is 0 Å². The lowest BCUT2D eigenvalue weighted by Crippen LogP contribution is -2.50. The topological polar surface area (TPSA) is 89.8 Å². The zero-order chi connectivity index (χ0) is 31.1. The number of hydrogen-bond acceptors (Lipinski definition) is 6. The smallest absolute Gasteiger partial charge is 0.266 e. The molecule has 4 aromatic carbocycles. The van der Waals surface area contributed by atoms with Gasteiger partial charge in [0.2, 0.25) is 10.0 Å². The summed E-state index contributed by atoms with van der Waals surface area (Å²) in [7, 11) is -3.98. The fourth-order valence-corrected chi connectivity index (χ4v) is 7.37. The second-order valence-electron chi connectivity index (χ2n) is 11.6. The molecule has 0 radical (unpaired) electrons. The monoisotopic (exact) mass is 629 g/mol. The third-order valence-corrected chi connectivity index (χ3v) is 9.66. The standard InChI is InChI=1S/C35H39N3O4S2/c1-26(2)22-38(44(40,41)30-18-19-31-34(21-30)42-35(43)36-31)25-33(39)32(20-27-12-6-3-7-13-27)37(23-28-14-8-4-9-15-28)24-29-16-10-5-11-17-29/h3-19,21,26,32-33,39H,20,22-25H2,1-2H3,(H,36,43)/t32-,33+/m0/s1. The number of nitrogens with zero attached hydrogens (tertiary/aromatic N) is 2. The second-order valence-corrected chi connectivity index (χ2v) is 13.9. The van der Waals surface area contributed by atoms with Crippen molar-refractivity contribution in [2.45, 2.75) is 50.4 Å². The van der Waals surface area contributed by atoms with Gasteiger partial charge in [0.15, 0.2) is 5.58 Å². The number of aliphatic hydroxyl groups is 1. The molecule has 0 aliphatic rings. The van der Waals surface area contributed by atoms with Gasteiger partial charge >= 0.3 is 0 Å². The van der Waals surface area contributed by atoms with E-state index in [1.807, 2.05) is 68.4 Å². The lowest BCUT2D eigenvalue weighted by atomic mass is 9.97. The van der Waals surface area contributed by atoms with E-state index in [1.165, 1.54) is 10.4 Å². The quantitative estimate of drug-likeness (QED) is 0.131. The van der Waals surface area contributed by atoms with Crippen LogP contribution in [0.15, 0.2) is 119 Å².